The summed E-state index contributed by atoms with van der Waals surface area (Å²) in [6.45, 7) is 2.91. The molecule has 1 aromatic carbocycles. The van der Waals surface area contributed by atoms with Crippen LogP contribution in [0.4, 0.5) is 0 Å². The summed E-state index contributed by atoms with van der Waals surface area (Å²) in [4.78, 5) is 12.8. The van der Waals surface area contributed by atoms with Crippen molar-refractivity contribution in [3.05, 3.63) is 29.3 Å². The highest BCUT2D eigenvalue weighted by Gasteiger charge is 2.13. The van der Waals surface area contributed by atoms with Crippen LogP contribution in [0.15, 0.2) is 29.2 Å². The first kappa shape index (κ1) is 14.7. The third-order valence-electron chi connectivity index (χ3n) is 3.17. The summed E-state index contributed by atoms with van der Waals surface area (Å²) in [6, 6.07) is 7.56. The molecule has 1 heterocycles. The number of hydrogen-bond acceptors (Lipinski definition) is 3. The number of rotatable bonds is 5. The summed E-state index contributed by atoms with van der Waals surface area (Å²) in [6.07, 6.45) is 2.41. The van der Waals surface area contributed by atoms with Gasteiger partial charge in [0.1, 0.15) is 0 Å². The van der Waals surface area contributed by atoms with Gasteiger partial charge in [-0.3, -0.25) is 4.79 Å². The van der Waals surface area contributed by atoms with Crippen molar-refractivity contribution < 1.29 is 4.79 Å². The van der Waals surface area contributed by atoms with E-state index >= 15 is 0 Å². The molecule has 0 aliphatic carbocycles. The number of carbonyl (C=O) groups excluding carboxylic acids is 1. The molecule has 0 bridgehead atoms. The Morgan fingerprint density at radius 2 is 2.21 bits per heavy atom. The molecule has 0 aromatic heterocycles. The number of halogens is 1. The summed E-state index contributed by atoms with van der Waals surface area (Å²) < 4.78 is 0. The second-order valence-corrected chi connectivity index (χ2v) is 6.24. The molecule has 0 radical (unpaired) electrons. The smallest absolute Gasteiger partial charge is 0.230 e. The average molecular weight is 299 g/mol. The Kier molecular flexibility index (Phi) is 6.01. The molecule has 1 amide bonds. The van der Waals surface area contributed by atoms with Crippen LogP contribution in [-0.4, -0.2) is 31.3 Å². The van der Waals surface area contributed by atoms with Gasteiger partial charge >= 0.3 is 0 Å². The molecule has 1 atom stereocenters. The molecule has 5 heteroatoms. The maximum Gasteiger partial charge on any atom is 0.230 e. The van der Waals surface area contributed by atoms with E-state index in [2.05, 4.69) is 10.6 Å². The lowest BCUT2D eigenvalue weighted by molar-refractivity contribution is -0.118. The monoisotopic (exact) mass is 298 g/mol. The number of amides is 1. The summed E-state index contributed by atoms with van der Waals surface area (Å²) in [5.41, 5.74) is 0. The maximum absolute atomic E-state index is 11.7. The van der Waals surface area contributed by atoms with Crippen LogP contribution in [0.25, 0.3) is 0 Å². The Morgan fingerprint density at radius 3 is 2.89 bits per heavy atom. The van der Waals surface area contributed by atoms with Gasteiger partial charge in [0.25, 0.3) is 0 Å². The van der Waals surface area contributed by atoms with Crippen molar-refractivity contribution in [2.75, 3.05) is 25.4 Å². The van der Waals surface area contributed by atoms with Gasteiger partial charge in [-0.05, 0) is 56.1 Å². The normalized spacial score (nSPS) is 19.1. The predicted octanol–water partition coefficient (Wildman–Crippen LogP) is 2.55. The largest absolute Gasteiger partial charge is 0.355 e. The zero-order valence-electron chi connectivity index (χ0n) is 10.8. The van der Waals surface area contributed by atoms with Crippen LogP contribution < -0.4 is 10.6 Å². The van der Waals surface area contributed by atoms with E-state index in [4.69, 9.17) is 11.6 Å². The molecular weight excluding hydrogens is 280 g/mol. The van der Waals surface area contributed by atoms with E-state index in [1.165, 1.54) is 24.6 Å². The minimum Gasteiger partial charge on any atom is -0.355 e. The van der Waals surface area contributed by atoms with E-state index in [0.29, 0.717) is 11.7 Å². The van der Waals surface area contributed by atoms with Gasteiger partial charge in [0, 0.05) is 16.5 Å². The van der Waals surface area contributed by atoms with E-state index in [9.17, 15) is 4.79 Å². The molecule has 0 saturated carbocycles. The molecule has 2 rings (SSSR count). The van der Waals surface area contributed by atoms with Crippen molar-refractivity contribution in [2.24, 2.45) is 5.92 Å². The number of benzene rings is 1. The van der Waals surface area contributed by atoms with Crippen LogP contribution in [0.1, 0.15) is 12.8 Å². The van der Waals surface area contributed by atoms with E-state index in [1.54, 1.807) is 0 Å². The summed E-state index contributed by atoms with van der Waals surface area (Å²) in [5.74, 6) is 1.14. The zero-order valence-corrected chi connectivity index (χ0v) is 12.4. The summed E-state index contributed by atoms with van der Waals surface area (Å²) in [5, 5.41) is 7.08. The molecule has 104 valence electrons. The van der Waals surface area contributed by atoms with Crippen LogP contribution in [-0.2, 0) is 4.79 Å². The number of nitrogens with one attached hydrogen (secondary N) is 2. The number of piperidine rings is 1. The van der Waals surface area contributed by atoms with Gasteiger partial charge in [0.2, 0.25) is 5.91 Å². The van der Waals surface area contributed by atoms with Crippen molar-refractivity contribution >= 4 is 29.3 Å². The van der Waals surface area contributed by atoms with E-state index in [-0.39, 0.29) is 5.91 Å². The number of thioether (sulfide) groups is 1. The fourth-order valence-corrected chi connectivity index (χ4v) is 2.94. The van der Waals surface area contributed by atoms with Gasteiger partial charge in [0.15, 0.2) is 0 Å². The molecule has 1 aliphatic heterocycles. The van der Waals surface area contributed by atoms with E-state index < -0.39 is 0 Å². The minimum absolute atomic E-state index is 0.102. The average Bonchev–Trinajstić information content (AvgIpc) is 2.45. The lowest BCUT2D eigenvalue weighted by Gasteiger charge is -2.22. The minimum atomic E-state index is 0.102. The highest BCUT2D eigenvalue weighted by molar-refractivity contribution is 8.00. The summed E-state index contributed by atoms with van der Waals surface area (Å²) in [7, 11) is 0. The fraction of sp³-hybridized carbons (Fsp3) is 0.500. The Hall–Kier alpha value is -0.710. The predicted molar refractivity (Wildman–Crippen MR) is 80.8 cm³/mol. The van der Waals surface area contributed by atoms with Crippen LogP contribution in [0.3, 0.4) is 0 Å². The molecule has 1 aliphatic rings. The van der Waals surface area contributed by atoms with Crippen LogP contribution in [0, 0.1) is 5.92 Å². The first-order valence-electron chi connectivity index (χ1n) is 6.60. The first-order chi connectivity index (χ1) is 9.24. The van der Waals surface area contributed by atoms with Crippen molar-refractivity contribution in [2.45, 2.75) is 17.7 Å². The Balaban J connectivity index is 1.65. The number of hydrogen-bond donors (Lipinski definition) is 2. The lowest BCUT2D eigenvalue weighted by atomic mass is 10.00. The molecule has 19 heavy (non-hydrogen) atoms. The number of carbonyl (C=O) groups is 1. The van der Waals surface area contributed by atoms with Gasteiger partial charge in [-0.1, -0.05) is 11.6 Å². The topological polar surface area (TPSA) is 41.1 Å². The second kappa shape index (κ2) is 7.78. The van der Waals surface area contributed by atoms with E-state index in [1.807, 2.05) is 24.3 Å². The van der Waals surface area contributed by atoms with Gasteiger partial charge in [-0.25, -0.2) is 0 Å². The van der Waals surface area contributed by atoms with Crippen LogP contribution in [0.5, 0.6) is 0 Å². The van der Waals surface area contributed by atoms with E-state index in [0.717, 1.165) is 29.6 Å². The molecule has 2 N–H and O–H groups in total. The van der Waals surface area contributed by atoms with Gasteiger partial charge < -0.3 is 10.6 Å². The summed E-state index contributed by atoms with van der Waals surface area (Å²) >= 11 is 7.35. The third-order valence-corrected chi connectivity index (χ3v) is 4.43. The Morgan fingerprint density at radius 1 is 1.42 bits per heavy atom. The Bertz CT molecular complexity index is 404. The van der Waals surface area contributed by atoms with Crippen LogP contribution >= 0.6 is 23.4 Å². The highest BCUT2D eigenvalue weighted by atomic mass is 35.5. The molecule has 3 nitrogen and oxygen atoms in total. The van der Waals surface area contributed by atoms with Crippen molar-refractivity contribution in [3.8, 4) is 0 Å². The molecule has 1 saturated heterocycles. The van der Waals surface area contributed by atoms with Gasteiger partial charge in [-0.15, -0.1) is 11.8 Å². The van der Waals surface area contributed by atoms with Crippen LogP contribution in [0.2, 0.25) is 5.02 Å². The van der Waals surface area contributed by atoms with Gasteiger partial charge in [0.05, 0.1) is 5.75 Å². The molecular formula is C14H19ClN2OS. The van der Waals surface area contributed by atoms with Crippen molar-refractivity contribution in [3.63, 3.8) is 0 Å². The molecule has 0 spiro atoms. The lowest BCUT2D eigenvalue weighted by Crippen LogP contribution is -2.38. The quantitative estimate of drug-likeness (QED) is 0.821. The standard InChI is InChI=1S/C14H19ClN2OS/c15-12-3-5-13(6-4-12)19-10-14(18)17-9-11-2-1-7-16-8-11/h3-6,11,16H,1-2,7-10H2,(H,17,18). The zero-order chi connectivity index (χ0) is 13.5. The molecule has 1 unspecified atom stereocenters. The molecule has 1 fully saturated rings. The third kappa shape index (κ3) is 5.43. The second-order valence-electron chi connectivity index (χ2n) is 4.76. The van der Waals surface area contributed by atoms with Gasteiger partial charge in [-0.2, -0.15) is 0 Å². The first-order valence-corrected chi connectivity index (χ1v) is 7.96. The highest BCUT2D eigenvalue weighted by Crippen LogP contribution is 2.20. The Labute approximate surface area is 123 Å². The molecule has 1 aromatic rings. The van der Waals surface area contributed by atoms with Crippen molar-refractivity contribution in [1.29, 1.82) is 0 Å². The fourth-order valence-electron chi connectivity index (χ4n) is 2.09. The SMILES string of the molecule is O=C(CSc1ccc(Cl)cc1)NCC1CCCNC1. The van der Waals surface area contributed by atoms with Crippen molar-refractivity contribution in [1.82, 2.24) is 10.6 Å². The maximum atomic E-state index is 11.7.